The molecule has 6 nitrogen and oxygen atoms in total. The van der Waals surface area contributed by atoms with Crippen LogP contribution in [-0.4, -0.2) is 18.0 Å². The number of carbonyl (C=O) groups excluding carboxylic acids is 1. The van der Waals surface area contributed by atoms with E-state index in [0.29, 0.717) is 22.0 Å². The molecular weight excluding hydrogens is 568 g/mol. The van der Waals surface area contributed by atoms with Gasteiger partial charge in [-0.2, -0.15) is 0 Å². The predicted octanol–water partition coefficient (Wildman–Crippen LogP) is 8.64. The molecule has 0 saturated carbocycles. The van der Waals surface area contributed by atoms with Gasteiger partial charge in [-0.3, -0.25) is 14.2 Å². The van der Waals surface area contributed by atoms with Gasteiger partial charge in [-0.15, -0.1) is 0 Å². The first-order valence-corrected chi connectivity index (χ1v) is 15.1. The fraction of sp³-hybridized carbons (Fsp3) is 0.194. The summed E-state index contributed by atoms with van der Waals surface area (Å²) >= 11 is 12.6. The lowest BCUT2D eigenvalue weighted by atomic mass is 10.1. The second-order valence-electron chi connectivity index (χ2n) is 9.04. The maximum atomic E-state index is 14.7. The summed E-state index contributed by atoms with van der Waals surface area (Å²) in [7, 11) is -3.86. The Bertz CT molecular complexity index is 1350. The molecule has 0 radical (unpaired) electrons. The molecule has 40 heavy (non-hydrogen) atoms. The van der Waals surface area contributed by atoms with Crippen LogP contribution in [0.5, 0.6) is 0 Å². The van der Waals surface area contributed by atoms with E-state index < -0.39 is 13.3 Å². The minimum atomic E-state index is -3.86. The Balaban J connectivity index is 1.60. The lowest BCUT2D eigenvalue weighted by Crippen LogP contribution is -2.25. The van der Waals surface area contributed by atoms with Crippen LogP contribution < -0.4 is 0 Å². The van der Waals surface area contributed by atoms with E-state index in [4.69, 9.17) is 37.1 Å². The Kier molecular flexibility index (Phi) is 11.4. The lowest BCUT2D eigenvalue weighted by Gasteiger charge is -2.29. The topological polar surface area (TPSA) is 65.1 Å². The minimum absolute atomic E-state index is 0.0760. The third-order valence-electron chi connectivity index (χ3n) is 6.20. The Labute approximate surface area is 244 Å². The molecule has 0 spiro atoms. The van der Waals surface area contributed by atoms with Gasteiger partial charge in [-0.25, -0.2) is 5.06 Å². The Morgan fingerprint density at radius 1 is 0.700 bits per heavy atom. The van der Waals surface area contributed by atoms with E-state index in [1.54, 1.807) is 18.2 Å². The van der Waals surface area contributed by atoms with Gasteiger partial charge in [0.1, 0.15) is 6.61 Å². The highest BCUT2D eigenvalue weighted by Gasteiger charge is 2.38. The molecule has 4 aromatic rings. The molecule has 0 fully saturated rings. The van der Waals surface area contributed by atoms with E-state index in [2.05, 4.69) is 0 Å². The summed E-state index contributed by atoms with van der Waals surface area (Å²) in [5.41, 5.74) is 2.46. The Morgan fingerprint density at radius 3 is 1.68 bits per heavy atom. The average Bonchev–Trinajstić information content (AvgIpc) is 3.00. The third kappa shape index (κ3) is 8.77. The first kappa shape index (κ1) is 30.0. The molecule has 1 amide bonds. The molecule has 0 unspecified atom stereocenters. The number of halogens is 2. The van der Waals surface area contributed by atoms with Gasteiger partial charge in [-0.05, 0) is 40.8 Å². The molecule has 0 aliphatic carbocycles. The zero-order valence-corrected chi connectivity index (χ0v) is 24.2. The predicted molar refractivity (Wildman–Crippen MR) is 158 cm³/mol. The SMILES string of the molecule is O=CN(CC[C@H](c1ccc(Cl)c(Cl)c1)P(=O)(OCc1ccccc1)OCc1ccccc1)OCc1ccccc1. The lowest BCUT2D eigenvalue weighted by molar-refractivity contribution is -0.177. The first-order valence-electron chi connectivity index (χ1n) is 12.8. The van der Waals surface area contributed by atoms with Gasteiger partial charge >= 0.3 is 7.60 Å². The fourth-order valence-electron chi connectivity index (χ4n) is 4.05. The first-order chi connectivity index (χ1) is 19.5. The molecule has 4 aromatic carbocycles. The number of carbonyl (C=O) groups is 1. The molecule has 4 rings (SSSR count). The number of benzene rings is 4. The Hall–Kier alpha value is -2.96. The summed E-state index contributed by atoms with van der Waals surface area (Å²) in [6, 6.07) is 33.5. The smallest absolute Gasteiger partial charge is 0.303 e. The molecular formula is C31H30Cl2NO5P. The largest absolute Gasteiger partial charge is 0.338 e. The van der Waals surface area contributed by atoms with E-state index in [9.17, 15) is 9.36 Å². The molecule has 208 valence electrons. The molecule has 0 saturated heterocycles. The van der Waals surface area contributed by atoms with Crippen molar-refractivity contribution in [1.82, 2.24) is 5.06 Å². The highest BCUT2D eigenvalue weighted by Crippen LogP contribution is 2.63. The van der Waals surface area contributed by atoms with Crippen molar-refractivity contribution >= 4 is 37.2 Å². The standard InChI is InChI=1S/C31H30Cl2NO5P/c32-29-17-16-28(20-30(29)33)31(18-19-34(24-35)37-21-25-10-4-1-5-11-25)40(36,38-22-26-12-6-2-7-13-26)39-23-27-14-8-3-9-15-27/h1-17,20,24,31H,18-19,21-23H2/t31-/m1/s1. The van der Waals surface area contributed by atoms with E-state index in [1.807, 2.05) is 91.0 Å². The van der Waals surface area contributed by atoms with Crippen LogP contribution in [0.2, 0.25) is 10.0 Å². The molecule has 0 heterocycles. The van der Waals surface area contributed by atoms with E-state index in [1.165, 1.54) is 5.06 Å². The van der Waals surface area contributed by atoms with E-state index in [-0.39, 0.29) is 32.8 Å². The summed E-state index contributed by atoms with van der Waals surface area (Å²) in [6.07, 6.45) is 0.821. The quantitative estimate of drug-likeness (QED) is 0.0779. The van der Waals surface area contributed by atoms with Crippen molar-refractivity contribution in [1.29, 1.82) is 0 Å². The van der Waals surface area contributed by atoms with Crippen molar-refractivity contribution in [2.24, 2.45) is 0 Å². The summed E-state index contributed by atoms with van der Waals surface area (Å²) in [5, 5.41) is 1.88. The van der Waals surface area contributed by atoms with Gasteiger partial charge in [0.2, 0.25) is 6.41 Å². The number of hydroxylamine groups is 2. The molecule has 9 heteroatoms. The zero-order chi connectivity index (χ0) is 28.2. The van der Waals surface area contributed by atoms with Crippen molar-refractivity contribution in [3.63, 3.8) is 0 Å². The Morgan fingerprint density at radius 2 is 1.20 bits per heavy atom. The normalized spacial score (nSPS) is 12.2. The highest BCUT2D eigenvalue weighted by atomic mass is 35.5. The van der Waals surface area contributed by atoms with Crippen LogP contribution in [0.15, 0.2) is 109 Å². The molecule has 1 atom stereocenters. The van der Waals surface area contributed by atoms with Crippen LogP contribution in [0.3, 0.4) is 0 Å². The molecule has 0 aliphatic heterocycles. The molecule has 0 N–H and O–H groups in total. The summed E-state index contributed by atoms with van der Waals surface area (Å²) in [5.74, 6) is 0. The number of amides is 1. The van der Waals surface area contributed by atoms with Crippen LogP contribution >= 0.6 is 30.8 Å². The number of hydrogen-bond donors (Lipinski definition) is 0. The average molecular weight is 598 g/mol. The van der Waals surface area contributed by atoms with Gasteiger partial charge in [0.15, 0.2) is 0 Å². The maximum Gasteiger partial charge on any atom is 0.338 e. The van der Waals surface area contributed by atoms with E-state index in [0.717, 1.165) is 16.7 Å². The molecule has 0 aromatic heterocycles. The number of nitrogens with zero attached hydrogens (tertiary/aromatic N) is 1. The zero-order valence-electron chi connectivity index (χ0n) is 21.8. The summed E-state index contributed by atoms with van der Waals surface area (Å²) in [6.45, 7) is 0.498. The second-order valence-corrected chi connectivity index (χ2v) is 12.1. The van der Waals surface area contributed by atoms with Crippen LogP contribution in [0, 0.1) is 0 Å². The van der Waals surface area contributed by atoms with Crippen LogP contribution in [0.25, 0.3) is 0 Å². The van der Waals surface area contributed by atoms with Crippen molar-refractivity contribution in [3.05, 3.63) is 141 Å². The van der Waals surface area contributed by atoms with Crippen LogP contribution in [0.1, 0.15) is 34.3 Å². The van der Waals surface area contributed by atoms with Gasteiger partial charge in [0.25, 0.3) is 0 Å². The number of rotatable bonds is 15. The van der Waals surface area contributed by atoms with Gasteiger partial charge < -0.3 is 9.05 Å². The number of hydrogen-bond acceptors (Lipinski definition) is 5. The van der Waals surface area contributed by atoms with Crippen LogP contribution in [-0.2, 0) is 43.1 Å². The van der Waals surface area contributed by atoms with Crippen molar-refractivity contribution in [2.75, 3.05) is 6.54 Å². The summed E-state index contributed by atoms with van der Waals surface area (Å²) in [4.78, 5) is 17.6. The van der Waals surface area contributed by atoms with Gasteiger partial charge in [0, 0.05) is 6.54 Å². The van der Waals surface area contributed by atoms with E-state index >= 15 is 0 Å². The molecule has 0 bridgehead atoms. The highest BCUT2D eigenvalue weighted by molar-refractivity contribution is 7.54. The second kappa shape index (κ2) is 15.2. The van der Waals surface area contributed by atoms with Crippen LogP contribution in [0.4, 0.5) is 0 Å². The fourth-order valence-corrected chi connectivity index (χ4v) is 6.41. The van der Waals surface area contributed by atoms with Crippen molar-refractivity contribution in [3.8, 4) is 0 Å². The summed E-state index contributed by atoms with van der Waals surface area (Å²) < 4.78 is 26.9. The maximum absolute atomic E-state index is 14.7. The van der Waals surface area contributed by atoms with Crippen molar-refractivity contribution in [2.45, 2.75) is 31.9 Å². The van der Waals surface area contributed by atoms with Gasteiger partial charge in [0.05, 0.1) is 28.9 Å². The monoisotopic (exact) mass is 597 g/mol. The minimum Gasteiger partial charge on any atom is -0.303 e. The van der Waals surface area contributed by atoms with Crippen molar-refractivity contribution < 1.29 is 23.2 Å². The van der Waals surface area contributed by atoms with Gasteiger partial charge in [-0.1, -0.05) is 120 Å². The molecule has 0 aliphatic rings. The third-order valence-corrected chi connectivity index (χ3v) is 9.24.